The van der Waals surface area contributed by atoms with Crippen LogP contribution in [0.4, 0.5) is 0 Å². The molecule has 6 heteroatoms. The fourth-order valence-corrected chi connectivity index (χ4v) is 1.84. The molecule has 1 aromatic carbocycles. The number of hydrogen-bond donors (Lipinski definition) is 1. The Bertz CT molecular complexity index is 412. The SMILES string of the molecule is COCCCNC(=O)COc1ccc(OC)cc1Br. The Kier molecular flexibility index (Phi) is 7.28. The zero-order valence-electron chi connectivity index (χ0n) is 11.1. The minimum Gasteiger partial charge on any atom is -0.497 e. The normalized spacial score (nSPS) is 10.1. The molecule has 1 aromatic rings. The van der Waals surface area contributed by atoms with Crippen molar-refractivity contribution in [2.75, 3.05) is 34.0 Å². The summed E-state index contributed by atoms with van der Waals surface area (Å²) in [6, 6.07) is 5.31. The van der Waals surface area contributed by atoms with E-state index in [9.17, 15) is 4.79 Å². The number of nitrogens with one attached hydrogen (secondary N) is 1. The smallest absolute Gasteiger partial charge is 0.257 e. The summed E-state index contributed by atoms with van der Waals surface area (Å²) in [5.41, 5.74) is 0. The van der Waals surface area contributed by atoms with Crippen LogP contribution in [0.1, 0.15) is 6.42 Å². The van der Waals surface area contributed by atoms with Crippen molar-refractivity contribution in [1.82, 2.24) is 5.32 Å². The first-order valence-corrected chi connectivity index (χ1v) is 6.68. The molecule has 106 valence electrons. The zero-order valence-corrected chi connectivity index (χ0v) is 12.7. The molecule has 0 heterocycles. The third kappa shape index (κ3) is 5.94. The predicted octanol–water partition coefficient (Wildman–Crippen LogP) is 1.99. The first-order valence-electron chi connectivity index (χ1n) is 5.89. The molecule has 1 rings (SSSR count). The average Bonchev–Trinajstić information content (AvgIpc) is 2.42. The number of methoxy groups -OCH3 is 2. The number of carbonyl (C=O) groups excluding carboxylic acids is 1. The van der Waals surface area contributed by atoms with Crippen LogP contribution < -0.4 is 14.8 Å². The standard InChI is InChI=1S/C13H18BrNO4/c1-17-7-3-6-15-13(16)9-19-12-5-4-10(18-2)8-11(12)14/h4-5,8H,3,6-7,9H2,1-2H3,(H,15,16). The van der Waals surface area contributed by atoms with Gasteiger partial charge in [-0.1, -0.05) is 0 Å². The van der Waals surface area contributed by atoms with Crippen molar-refractivity contribution in [3.63, 3.8) is 0 Å². The van der Waals surface area contributed by atoms with Crippen LogP contribution in [-0.2, 0) is 9.53 Å². The summed E-state index contributed by atoms with van der Waals surface area (Å²) >= 11 is 3.36. The highest BCUT2D eigenvalue weighted by Gasteiger charge is 2.06. The van der Waals surface area contributed by atoms with Crippen molar-refractivity contribution in [3.05, 3.63) is 22.7 Å². The second-order valence-electron chi connectivity index (χ2n) is 3.78. The molecule has 0 spiro atoms. The maximum Gasteiger partial charge on any atom is 0.257 e. The third-order valence-electron chi connectivity index (χ3n) is 2.35. The van der Waals surface area contributed by atoms with Crippen molar-refractivity contribution in [3.8, 4) is 11.5 Å². The number of carbonyl (C=O) groups is 1. The van der Waals surface area contributed by atoms with Gasteiger partial charge in [-0.3, -0.25) is 4.79 Å². The van der Waals surface area contributed by atoms with Gasteiger partial charge >= 0.3 is 0 Å². The number of ether oxygens (including phenoxy) is 3. The molecule has 0 saturated carbocycles. The molecule has 0 saturated heterocycles. The van der Waals surface area contributed by atoms with Crippen LogP contribution in [0.25, 0.3) is 0 Å². The van der Waals surface area contributed by atoms with Crippen LogP contribution in [0.2, 0.25) is 0 Å². The molecule has 1 N–H and O–H groups in total. The maximum absolute atomic E-state index is 11.5. The minimum absolute atomic E-state index is 0.0160. The van der Waals surface area contributed by atoms with E-state index in [0.717, 1.165) is 16.6 Å². The molecule has 0 aromatic heterocycles. The highest BCUT2D eigenvalue weighted by atomic mass is 79.9. The fraction of sp³-hybridized carbons (Fsp3) is 0.462. The number of halogens is 1. The summed E-state index contributed by atoms with van der Waals surface area (Å²) in [5.74, 6) is 1.18. The van der Waals surface area contributed by atoms with Crippen LogP contribution >= 0.6 is 15.9 Å². The Morgan fingerprint density at radius 1 is 1.37 bits per heavy atom. The van der Waals surface area contributed by atoms with Gasteiger partial charge in [0.1, 0.15) is 11.5 Å². The Balaban J connectivity index is 2.33. The minimum atomic E-state index is -0.154. The Morgan fingerprint density at radius 2 is 2.16 bits per heavy atom. The lowest BCUT2D eigenvalue weighted by Gasteiger charge is -2.09. The van der Waals surface area contributed by atoms with Gasteiger partial charge in [-0.05, 0) is 40.5 Å². The Morgan fingerprint density at radius 3 is 2.79 bits per heavy atom. The molecular formula is C13H18BrNO4. The number of rotatable bonds is 8. The average molecular weight is 332 g/mol. The highest BCUT2D eigenvalue weighted by molar-refractivity contribution is 9.10. The van der Waals surface area contributed by atoms with E-state index in [2.05, 4.69) is 21.2 Å². The largest absolute Gasteiger partial charge is 0.497 e. The Hall–Kier alpha value is -1.27. The van der Waals surface area contributed by atoms with Gasteiger partial charge in [-0.2, -0.15) is 0 Å². The maximum atomic E-state index is 11.5. The van der Waals surface area contributed by atoms with Crippen molar-refractivity contribution >= 4 is 21.8 Å². The van der Waals surface area contributed by atoms with E-state index in [4.69, 9.17) is 14.2 Å². The first kappa shape index (κ1) is 15.8. The molecule has 0 unspecified atom stereocenters. The van der Waals surface area contributed by atoms with Gasteiger partial charge in [0.05, 0.1) is 11.6 Å². The van der Waals surface area contributed by atoms with Gasteiger partial charge in [-0.15, -0.1) is 0 Å². The van der Waals surface area contributed by atoms with E-state index in [0.29, 0.717) is 18.9 Å². The van der Waals surface area contributed by atoms with Crippen LogP contribution in [0.15, 0.2) is 22.7 Å². The first-order chi connectivity index (χ1) is 9.17. The van der Waals surface area contributed by atoms with Gasteiger partial charge in [0.15, 0.2) is 6.61 Å². The van der Waals surface area contributed by atoms with Gasteiger partial charge < -0.3 is 19.5 Å². The van der Waals surface area contributed by atoms with Crippen LogP contribution in [0.3, 0.4) is 0 Å². The predicted molar refractivity (Wildman–Crippen MR) is 75.7 cm³/mol. The number of benzene rings is 1. The van der Waals surface area contributed by atoms with E-state index in [1.54, 1.807) is 32.4 Å². The molecule has 0 atom stereocenters. The quantitative estimate of drug-likeness (QED) is 0.740. The van der Waals surface area contributed by atoms with Crippen molar-refractivity contribution in [1.29, 1.82) is 0 Å². The summed E-state index contributed by atoms with van der Waals surface area (Å²) in [7, 11) is 3.22. The summed E-state index contributed by atoms with van der Waals surface area (Å²) in [4.78, 5) is 11.5. The summed E-state index contributed by atoms with van der Waals surface area (Å²) in [6.07, 6.45) is 0.786. The van der Waals surface area contributed by atoms with E-state index >= 15 is 0 Å². The summed E-state index contributed by atoms with van der Waals surface area (Å²) in [5, 5.41) is 2.75. The second-order valence-corrected chi connectivity index (χ2v) is 4.64. The fourth-order valence-electron chi connectivity index (χ4n) is 1.36. The molecule has 0 aliphatic heterocycles. The molecule has 0 radical (unpaired) electrons. The van der Waals surface area contributed by atoms with E-state index < -0.39 is 0 Å². The number of amides is 1. The number of hydrogen-bond acceptors (Lipinski definition) is 4. The van der Waals surface area contributed by atoms with E-state index in [1.807, 2.05) is 0 Å². The molecule has 0 bridgehead atoms. The van der Waals surface area contributed by atoms with E-state index in [1.165, 1.54) is 0 Å². The van der Waals surface area contributed by atoms with Crippen LogP contribution in [-0.4, -0.2) is 39.9 Å². The topological polar surface area (TPSA) is 56.8 Å². The monoisotopic (exact) mass is 331 g/mol. The van der Waals surface area contributed by atoms with Crippen molar-refractivity contribution in [2.45, 2.75) is 6.42 Å². The lowest BCUT2D eigenvalue weighted by molar-refractivity contribution is -0.123. The van der Waals surface area contributed by atoms with Crippen LogP contribution in [0.5, 0.6) is 11.5 Å². The molecule has 5 nitrogen and oxygen atoms in total. The lowest BCUT2D eigenvalue weighted by Crippen LogP contribution is -2.30. The molecule has 1 amide bonds. The summed E-state index contributed by atoms with van der Waals surface area (Å²) < 4.78 is 16.1. The molecule has 19 heavy (non-hydrogen) atoms. The molecular weight excluding hydrogens is 314 g/mol. The summed E-state index contributed by atoms with van der Waals surface area (Å²) in [6.45, 7) is 1.20. The van der Waals surface area contributed by atoms with E-state index in [-0.39, 0.29) is 12.5 Å². The van der Waals surface area contributed by atoms with Gasteiger partial charge in [-0.25, -0.2) is 0 Å². The van der Waals surface area contributed by atoms with Crippen LogP contribution in [0, 0.1) is 0 Å². The van der Waals surface area contributed by atoms with Gasteiger partial charge in [0, 0.05) is 20.3 Å². The molecule has 0 fully saturated rings. The zero-order chi connectivity index (χ0) is 14.1. The second kappa shape index (κ2) is 8.77. The third-order valence-corrected chi connectivity index (χ3v) is 2.96. The van der Waals surface area contributed by atoms with Gasteiger partial charge in [0.25, 0.3) is 5.91 Å². The molecule has 0 aliphatic carbocycles. The Labute approximate surface area is 121 Å². The van der Waals surface area contributed by atoms with Crippen molar-refractivity contribution in [2.24, 2.45) is 0 Å². The molecule has 0 aliphatic rings. The lowest BCUT2D eigenvalue weighted by atomic mass is 10.3. The van der Waals surface area contributed by atoms with Gasteiger partial charge in [0.2, 0.25) is 0 Å². The van der Waals surface area contributed by atoms with Crippen molar-refractivity contribution < 1.29 is 19.0 Å². The highest BCUT2D eigenvalue weighted by Crippen LogP contribution is 2.28.